The number of amides is 1. The lowest BCUT2D eigenvalue weighted by molar-refractivity contribution is -0.152. The quantitative estimate of drug-likeness (QED) is 0.746. The van der Waals surface area contributed by atoms with E-state index in [-0.39, 0.29) is 31.6 Å². The number of likely N-dealkylation sites (tertiary alicyclic amines) is 1. The summed E-state index contributed by atoms with van der Waals surface area (Å²) in [7, 11) is 2.03. The maximum absolute atomic E-state index is 12.6. The summed E-state index contributed by atoms with van der Waals surface area (Å²) in [6, 6.07) is 0.144. The Morgan fingerprint density at radius 3 is 2.30 bits per heavy atom. The van der Waals surface area contributed by atoms with E-state index in [1.54, 1.807) is 0 Å². The van der Waals surface area contributed by atoms with E-state index in [9.17, 15) is 9.59 Å². The molecular weight excluding hydrogens is 296 g/mol. The van der Waals surface area contributed by atoms with Crippen molar-refractivity contribution >= 4 is 12.6 Å². The van der Waals surface area contributed by atoms with Crippen LogP contribution in [-0.4, -0.2) is 65.3 Å². The van der Waals surface area contributed by atoms with Gasteiger partial charge in [0.25, 0.3) is 6.47 Å². The Morgan fingerprint density at radius 1 is 1.17 bits per heavy atom. The topological polar surface area (TPSA) is 59.1 Å². The number of carbonyl (C=O) groups excluding carboxylic acids is 2. The van der Waals surface area contributed by atoms with Crippen molar-refractivity contribution < 1.29 is 19.1 Å². The van der Waals surface area contributed by atoms with Gasteiger partial charge in [0.2, 0.25) is 0 Å². The van der Waals surface area contributed by atoms with Gasteiger partial charge in [0.1, 0.15) is 11.2 Å². The van der Waals surface area contributed by atoms with Crippen LogP contribution in [0.25, 0.3) is 0 Å². The lowest BCUT2D eigenvalue weighted by atomic mass is 9.88. The summed E-state index contributed by atoms with van der Waals surface area (Å²) in [5, 5.41) is 0. The summed E-state index contributed by atoms with van der Waals surface area (Å²) >= 11 is 0. The maximum atomic E-state index is 12.6. The number of rotatable bonds is 3. The molecule has 2 aliphatic heterocycles. The Kier molecular flexibility index (Phi) is 5.73. The summed E-state index contributed by atoms with van der Waals surface area (Å²) in [6.45, 7) is 10.7. The molecule has 3 atom stereocenters. The lowest BCUT2D eigenvalue weighted by Gasteiger charge is -2.50. The molecule has 2 bridgehead atoms. The highest BCUT2D eigenvalue weighted by Crippen LogP contribution is 2.39. The predicted octanol–water partition coefficient (Wildman–Crippen LogP) is 2.66. The molecule has 6 nitrogen and oxygen atoms in total. The number of hydrogen-bond acceptors (Lipinski definition) is 5. The van der Waals surface area contributed by atoms with E-state index < -0.39 is 11.2 Å². The van der Waals surface area contributed by atoms with Crippen LogP contribution in [0.1, 0.15) is 54.9 Å². The molecule has 2 saturated heterocycles. The first-order valence-electron chi connectivity index (χ1n) is 7.90. The SMILES string of the molecule is C.CN1C[C@@H]2CC[C@H](C1C(C)(C)OC=O)N2C(=O)OC(C)(C)C. The average molecular weight is 328 g/mol. The highest BCUT2D eigenvalue weighted by Gasteiger charge is 2.53. The van der Waals surface area contributed by atoms with E-state index in [1.165, 1.54) is 0 Å². The Labute approximate surface area is 140 Å². The van der Waals surface area contributed by atoms with Gasteiger partial charge in [-0.3, -0.25) is 14.6 Å². The third-order valence-electron chi connectivity index (χ3n) is 4.55. The van der Waals surface area contributed by atoms with Crippen LogP contribution in [0.2, 0.25) is 0 Å². The Bertz CT molecular complexity index is 444. The van der Waals surface area contributed by atoms with Gasteiger partial charge in [-0.15, -0.1) is 0 Å². The highest BCUT2D eigenvalue weighted by atomic mass is 16.6. The van der Waals surface area contributed by atoms with Crippen LogP contribution in [0.15, 0.2) is 0 Å². The standard InChI is InChI=1S/C16H28N2O4.CH4/c1-15(2,3)22-14(20)18-11-7-8-12(18)13(17(6)9-11)16(4,5)21-10-19;/h10-13H,7-9H2,1-6H3;1H4/t11-,12+,13?;/m0./s1. The van der Waals surface area contributed by atoms with Crippen LogP contribution in [-0.2, 0) is 14.3 Å². The number of nitrogens with zero attached hydrogens (tertiary/aromatic N) is 2. The lowest BCUT2D eigenvalue weighted by Crippen LogP contribution is -2.66. The molecule has 23 heavy (non-hydrogen) atoms. The van der Waals surface area contributed by atoms with Gasteiger partial charge >= 0.3 is 6.09 Å². The molecule has 0 aliphatic carbocycles. The second-order valence-corrected chi connectivity index (χ2v) is 7.89. The molecule has 0 N–H and O–H groups in total. The Balaban J connectivity index is 0.00000264. The Hall–Kier alpha value is -1.30. The number of likely N-dealkylation sites (N-methyl/N-ethyl adjacent to an activating group) is 1. The molecule has 2 fully saturated rings. The summed E-state index contributed by atoms with van der Waals surface area (Å²) in [5.74, 6) is 0. The van der Waals surface area contributed by atoms with Crippen LogP contribution in [0.5, 0.6) is 0 Å². The molecule has 0 radical (unpaired) electrons. The zero-order valence-electron chi connectivity index (χ0n) is 14.5. The van der Waals surface area contributed by atoms with E-state index in [2.05, 4.69) is 4.90 Å². The first-order chi connectivity index (χ1) is 10.1. The zero-order valence-corrected chi connectivity index (χ0v) is 14.5. The minimum Gasteiger partial charge on any atom is -0.460 e. The molecule has 0 aromatic heterocycles. The van der Waals surface area contributed by atoms with Gasteiger partial charge in [-0.2, -0.15) is 0 Å². The molecule has 0 spiro atoms. The molecule has 2 rings (SSSR count). The van der Waals surface area contributed by atoms with Crippen molar-refractivity contribution in [3.63, 3.8) is 0 Å². The first-order valence-corrected chi connectivity index (χ1v) is 7.90. The highest BCUT2D eigenvalue weighted by molar-refractivity contribution is 5.70. The molecule has 0 aromatic carbocycles. The van der Waals surface area contributed by atoms with Crippen molar-refractivity contribution in [1.82, 2.24) is 9.80 Å². The number of piperazine rings is 1. The van der Waals surface area contributed by atoms with Crippen molar-refractivity contribution in [3.8, 4) is 0 Å². The normalized spacial score (nSPS) is 28.1. The van der Waals surface area contributed by atoms with Gasteiger partial charge in [0.05, 0.1) is 12.1 Å². The molecule has 6 heteroatoms. The minimum absolute atomic E-state index is 0. The summed E-state index contributed by atoms with van der Waals surface area (Å²) in [4.78, 5) is 27.5. The van der Waals surface area contributed by atoms with Gasteiger partial charge in [0.15, 0.2) is 0 Å². The molecule has 2 heterocycles. The summed E-state index contributed by atoms with van der Waals surface area (Å²) < 4.78 is 10.9. The van der Waals surface area contributed by atoms with E-state index in [0.717, 1.165) is 19.4 Å². The summed E-state index contributed by atoms with van der Waals surface area (Å²) in [5.41, 5.74) is -1.17. The number of carbonyl (C=O) groups is 2. The molecule has 0 aromatic rings. The Morgan fingerprint density at radius 2 is 1.78 bits per heavy atom. The van der Waals surface area contributed by atoms with E-state index in [1.807, 2.05) is 46.6 Å². The van der Waals surface area contributed by atoms with Crippen molar-refractivity contribution in [1.29, 1.82) is 0 Å². The van der Waals surface area contributed by atoms with Gasteiger partial charge in [-0.05, 0) is 54.5 Å². The average Bonchev–Trinajstić information content (AvgIpc) is 2.62. The predicted molar refractivity (Wildman–Crippen MR) is 89.3 cm³/mol. The van der Waals surface area contributed by atoms with E-state index in [4.69, 9.17) is 9.47 Å². The fourth-order valence-corrected chi connectivity index (χ4v) is 3.93. The zero-order chi connectivity index (χ0) is 16.7. The number of hydrogen-bond donors (Lipinski definition) is 0. The van der Waals surface area contributed by atoms with Crippen molar-refractivity contribution in [2.45, 2.75) is 84.2 Å². The van der Waals surface area contributed by atoms with Crippen molar-refractivity contribution in [3.05, 3.63) is 0 Å². The molecule has 0 saturated carbocycles. The van der Waals surface area contributed by atoms with E-state index >= 15 is 0 Å². The van der Waals surface area contributed by atoms with E-state index in [0.29, 0.717) is 6.47 Å². The van der Waals surface area contributed by atoms with Crippen LogP contribution in [0, 0.1) is 0 Å². The third kappa shape index (κ3) is 3.97. The van der Waals surface area contributed by atoms with Crippen molar-refractivity contribution in [2.24, 2.45) is 0 Å². The van der Waals surface area contributed by atoms with Gasteiger partial charge in [0, 0.05) is 12.6 Å². The third-order valence-corrected chi connectivity index (χ3v) is 4.55. The molecular formula is C17H32N2O4. The van der Waals surface area contributed by atoms with Crippen LogP contribution in [0.4, 0.5) is 4.79 Å². The van der Waals surface area contributed by atoms with Gasteiger partial charge < -0.3 is 9.47 Å². The van der Waals surface area contributed by atoms with Crippen LogP contribution in [0.3, 0.4) is 0 Å². The number of ether oxygens (including phenoxy) is 2. The first kappa shape index (κ1) is 19.7. The van der Waals surface area contributed by atoms with Crippen molar-refractivity contribution in [2.75, 3.05) is 13.6 Å². The van der Waals surface area contributed by atoms with Crippen LogP contribution < -0.4 is 0 Å². The smallest absolute Gasteiger partial charge is 0.410 e. The fourth-order valence-electron chi connectivity index (χ4n) is 3.93. The molecule has 2 aliphatic rings. The maximum Gasteiger partial charge on any atom is 0.410 e. The molecule has 1 unspecified atom stereocenters. The molecule has 134 valence electrons. The fraction of sp³-hybridized carbons (Fsp3) is 0.882. The minimum atomic E-state index is -0.656. The molecule has 1 amide bonds. The largest absolute Gasteiger partial charge is 0.460 e. The van der Waals surface area contributed by atoms with Crippen LogP contribution >= 0.6 is 0 Å². The van der Waals surface area contributed by atoms with Gasteiger partial charge in [-0.1, -0.05) is 7.43 Å². The second kappa shape index (κ2) is 6.67. The monoisotopic (exact) mass is 328 g/mol. The van der Waals surface area contributed by atoms with Gasteiger partial charge in [-0.25, -0.2) is 4.79 Å². The second-order valence-electron chi connectivity index (χ2n) is 7.89. The number of fused-ring (bicyclic) bond motifs is 2. The summed E-state index contributed by atoms with van der Waals surface area (Å²) in [6.07, 6.45) is 1.60.